The van der Waals surface area contributed by atoms with Gasteiger partial charge < -0.3 is 23.7 Å². The number of hydrogen-bond acceptors (Lipinski definition) is 5. The summed E-state index contributed by atoms with van der Waals surface area (Å²) in [6, 6.07) is 3.81. The van der Waals surface area contributed by atoms with E-state index >= 15 is 0 Å². The van der Waals surface area contributed by atoms with Crippen LogP contribution in [0, 0.1) is 0 Å². The van der Waals surface area contributed by atoms with Gasteiger partial charge in [0.05, 0.1) is 40.6 Å². The molecule has 1 heterocycles. The lowest BCUT2D eigenvalue weighted by Gasteiger charge is -2.18. The Morgan fingerprint density at radius 1 is 1.16 bits per heavy atom. The van der Waals surface area contributed by atoms with Crippen LogP contribution in [0.3, 0.4) is 0 Å². The monoisotopic (exact) mass is 268 g/mol. The summed E-state index contributed by atoms with van der Waals surface area (Å²) in [5.41, 5.74) is 0.982. The fourth-order valence-electron chi connectivity index (χ4n) is 1.85. The van der Waals surface area contributed by atoms with Crippen molar-refractivity contribution in [3.8, 4) is 17.2 Å². The summed E-state index contributed by atoms with van der Waals surface area (Å²) in [5, 5.41) is 0. The van der Waals surface area contributed by atoms with Crippen LogP contribution in [0.2, 0.25) is 0 Å². The first-order valence-corrected chi connectivity index (χ1v) is 6.22. The molecule has 1 fully saturated rings. The fraction of sp³-hybridized carbons (Fsp3) is 0.571. The van der Waals surface area contributed by atoms with Crippen molar-refractivity contribution in [2.24, 2.45) is 0 Å². The molecular formula is C14H20O5. The van der Waals surface area contributed by atoms with E-state index in [0.717, 1.165) is 12.2 Å². The van der Waals surface area contributed by atoms with Crippen LogP contribution in [0.5, 0.6) is 17.2 Å². The van der Waals surface area contributed by atoms with Crippen LogP contribution >= 0.6 is 0 Å². The third-order valence-electron chi connectivity index (χ3n) is 3.09. The fourth-order valence-corrected chi connectivity index (χ4v) is 1.85. The zero-order valence-corrected chi connectivity index (χ0v) is 11.8. The molecule has 0 radical (unpaired) electrons. The summed E-state index contributed by atoms with van der Waals surface area (Å²) >= 11 is 0. The van der Waals surface area contributed by atoms with Gasteiger partial charge in [0.1, 0.15) is 6.10 Å². The van der Waals surface area contributed by atoms with Gasteiger partial charge in [0.25, 0.3) is 0 Å². The van der Waals surface area contributed by atoms with Crippen LogP contribution in [0.25, 0.3) is 0 Å². The number of epoxide rings is 1. The number of benzene rings is 1. The maximum atomic E-state index is 5.75. The predicted octanol–water partition coefficient (Wildman–Crippen LogP) is 2.19. The van der Waals surface area contributed by atoms with Crippen LogP contribution in [0.1, 0.15) is 18.6 Å². The van der Waals surface area contributed by atoms with Crippen molar-refractivity contribution in [3.63, 3.8) is 0 Å². The molecule has 0 saturated carbocycles. The topological polar surface area (TPSA) is 49.5 Å². The molecule has 19 heavy (non-hydrogen) atoms. The second-order valence-electron chi connectivity index (χ2n) is 4.39. The van der Waals surface area contributed by atoms with Gasteiger partial charge in [-0.15, -0.1) is 0 Å². The highest BCUT2D eigenvalue weighted by Crippen LogP contribution is 2.40. The summed E-state index contributed by atoms with van der Waals surface area (Å²) in [4.78, 5) is 0. The number of rotatable bonds is 7. The van der Waals surface area contributed by atoms with Crippen LogP contribution in [-0.2, 0) is 9.47 Å². The maximum Gasteiger partial charge on any atom is 0.203 e. The third-order valence-corrected chi connectivity index (χ3v) is 3.09. The largest absolute Gasteiger partial charge is 0.493 e. The molecule has 0 aliphatic carbocycles. The van der Waals surface area contributed by atoms with Gasteiger partial charge in [-0.1, -0.05) is 0 Å². The highest BCUT2D eigenvalue weighted by molar-refractivity contribution is 5.54. The smallest absolute Gasteiger partial charge is 0.203 e. The van der Waals surface area contributed by atoms with E-state index in [1.54, 1.807) is 21.3 Å². The average Bonchev–Trinajstić information content (AvgIpc) is 3.27. The van der Waals surface area contributed by atoms with Crippen LogP contribution < -0.4 is 14.2 Å². The van der Waals surface area contributed by atoms with E-state index in [-0.39, 0.29) is 12.2 Å². The summed E-state index contributed by atoms with van der Waals surface area (Å²) < 4.78 is 26.8. The SMILES string of the molecule is COc1cc([C@@H](C)OC[C@H]2CO2)cc(OC)c1OC. The summed E-state index contributed by atoms with van der Waals surface area (Å²) in [5.74, 6) is 1.86. The van der Waals surface area contributed by atoms with Gasteiger partial charge in [-0.05, 0) is 24.6 Å². The minimum absolute atomic E-state index is 0.0575. The van der Waals surface area contributed by atoms with Crippen molar-refractivity contribution in [2.45, 2.75) is 19.1 Å². The Morgan fingerprint density at radius 2 is 1.74 bits per heavy atom. The molecule has 106 valence electrons. The first kappa shape index (κ1) is 14.0. The molecule has 1 aliphatic heterocycles. The van der Waals surface area contributed by atoms with Gasteiger partial charge in [0.2, 0.25) is 5.75 Å². The van der Waals surface area contributed by atoms with E-state index in [2.05, 4.69) is 0 Å². The Kier molecular flexibility index (Phi) is 4.50. The first-order valence-electron chi connectivity index (χ1n) is 6.22. The Balaban J connectivity index is 2.18. The van der Waals surface area contributed by atoms with Gasteiger partial charge in [-0.25, -0.2) is 0 Å². The molecule has 1 saturated heterocycles. The van der Waals surface area contributed by atoms with Gasteiger partial charge in [0.15, 0.2) is 11.5 Å². The molecule has 2 atom stereocenters. The summed E-state index contributed by atoms with van der Waals surface area (Å²) in [6.07, 6.45) is 0.197. The lowest BCUT2D eigenvalue weighted by Crippen LogP contribution is -2.07. The van der Waals surface area contributed by atoms with Crippen LogP contribution in [0.15, 0.2) is 12.1 Å². The zero-order valence-electron chi connectivity index (χ0n) is 11.8. The molecular weight excluding hydrogens is 248 g/mol. The molecule has 1 aliphatic rings. The van der Waals surface area contributed by atoms with Crippen LogP contribution in [0.4, 0.5) is 0 Å². The van der Waals surface area contributed by atoms with E-state index in [1.807, 2.05) is 19.1 Å². The minimum Gasteiger partial charge on any atom is -0.493 e. The summed E-state index contributed by atoms with van der Waals surface area (Å²) in [7, 11) is 4.79. The van der Waals surface area contributed by atoms with E-state index in [0.29, 0.717) is 23.9 Å². The molecule has 2 rings (SSSR count). The van der Waals surface area contributed by atoms with E-state index in [9.17, 15) is 0 Å². The molecule has 0 bridgehead atoms. The first-order chi connectivity index (χ1) is 9.19. The molecule has 1 aromatic rings. The molecule has 1 aromatic carbocycles. The normalized spacial score (nSPS) is 18.8. The van der Waals surface area contributed by atoms with E-state index in [1.165, 1.54) is 0 Å². The third kappa shape index (κ3) is 3.30. The van der Waals surface area contributed by atoms with Crippen molar-refractivity contribution < 1.29 is 23.7 Å². The van der Waals surface area contributed by atoms with E-state index < -0.39 is 0 Å². The van der Waals surface area contributed by atoms with Crippen molar-refractivity contribution >= 4 is 0 Å². The molecule has 0 spiro atoms. The average molecular weight is 268 g/mol. The molecule has 0 unspecified atom stereocenters. The molecule has 5 heteroatoms. The summed E-state index contributed by atoms with van der Waals surface area (Å²) in [6.45, 7) is 3.39. The standard InChI is InChI=1S/C14H20O5/c1-9(18-7-11-8-19-11)10-5-12(15-2)14(17-4)13(6-10)16-3/h5-6,9,11H,7-8H2,1-4H3/t9-,11+/m1/s1. The Morgan fingerprint density at radius 3 is 2.16 bits per heavy atom. The lowest BCUT2D eigenvalue weighted by molar-refractivity contribution is 0.0536. The number of methoxy groups -OCH3 is 3. The molecule has 0 N–H and O–H groups in total. The Labute approximate surface area is 113 Å². The van der Waals surface area contributed by atoms with Gasteiger partial charge in [0, 0.05) is 0 Å². The molecule has 0 aromatic heterocycles. The highest BCUT2D eigenvalue weighted by atomic mass is 16.6. The number of ether oxygens (including phenoxy) is 5. The van der Waals surface area contributed by atoms with Crippen molar-refractivity contribution in [1.29, 1.82) is 0 Å². The minimum atomic E-state index is -0.0575. The number of hydrogen-bond donors (Lipinski definition) is 0. The van der Waals surface area contributed by atoms with Gasteiger partial charge in [-0.2, -0.15) is 0 Å². The molecule has 0 amide bonds. The predicted molar refractivity (Wildman–Crippen MR) is 70.2 cm³/mol. The van der Waals surface area contributed by atoms with Gasteiger partial charge in [-0.3, -0.25) is 0 Å². The second-order valence-corrected chi connectivity index (χ2v) is 4.39. The van der Waals surface area contributed by atoms with Gasteiger partial charge >= 0.3 is 0 Å². The van der Waals surface area contributed by atoms with Crippen molar-refractivity contribution in [3.05, 3.63) is 17.7 Å². The molecule has 5 nitrogen and oxygen atoms in total. The Hall–Kier alpha value is -1.46. The van der Waals surface area contributed by atoms with Crippen molar-refractivity contribution in [2.75, 3.05) is 34.5 Å². The Bertz CT molecular complexity index is 403. The van der Waals surface area contributed by atoms with Crippen molar-refractivity contribution in [1.82, 2.24) is 0 Å². The van der Waals surface area contributed by atoms with Crippen LogP contribution in [-0.4, -0.2) is 40.6 Å². The quantitative estimate of drug-likeness (QED) is 0.709. The zero-order chi connectivity index (χ0) is 13.8. The highest BCUT2D eigenvalue weighted by Gasteiger charge is 2.24. The second kappa shape index (κ2) is 6.12. The maximum absolute atomic E-state index is 5.75. The van der Waals surface area contributed by atoms with E-state index in [4.69, 9.17) is 23.7 Å². The lowest BCUT2D eigenvalue weighted by atomic mass is 10.1.